The summed E-state index contributed by atoms with van der Waals surface area (Å²) in [5.41, 5.74) is 0. The molecule has 1 N–H and O–H groups in total. The van der Waals surface area contributed by atoms with Crippen LogP contribution in [0.5, 0.6) is 0 Å². The van der Waals surface area contributed by atoms with Crippen LogP contribution in [0, 0.1) is 0 Å². The topological polar surface area (TPSA) is 57.6 Å². The summed E-state index contributed by atoms with van der Waals surface area (Å²) in [4.78, 5) is -0.0184. The Balaban J connectivity index is 3.11. The molecule has 0 unspecified atom stereocenters. The molecule has 4 nitrogen and oxygen atoms in total. The number of halogens is 2. The molecule has 1 aromatic heterocycles. The van der Waals surface area contributed by atoms with Crippen LogP contribution in [-0.2, 0) is 10.0 Å². The lowest BCUT2D eigenvalue weighted by atomic mass is 10.7. The fourth-order valence-electron chi connectivity index (χ4n) is 0.930. The average molecular weight is 290 g/mol. The minimum absolute atomic E-state index is 0.0184. The second-order valence-corrected chi connectivity index (χ2v) is 7.04. The number of sulfonamides is 1. The van der Waals surface area contributed by atoms with Gasteiger partial charge >= 0.3 is 0 Å². The van der Waals surface area contributed by atoms with Crippen LogP contribution in [-0.4, -0.2) is 38.0 Å². The van der Waals surface area contributed by atoms with Crippen molar-refractivity contribution in [3.8, 4) is 0 Å². The van der Waals surface area contributed by atoms with Gasteiger partial charge in [0.2, 0.25) is 10.0 Å². The van der Waals surface area contributed by atoms with E-state index >= 15 is 0 Å². The summed E-state index contributed by atoms with van der Waals surface area (Å²) in [6.07, 6.45) is 0. The Kier molecular flexibility index (Phi) is 4.39. The molecule has 0 saturated carbocycles. The van der Waals surface area contributed by atoms with E-state index in [0.717, 1.165) is 15.6 Å². The van der Waals surface area contributed by atoms with Crippen molar-refractivity contribution in [2.45, 2.75) is 4.90 Å². The molecule has 0 fully saturated rings. The number of nitrogens with zero attached hydrogens (tertiary/aromatic N) is 1. The lowest BCUT2D eigenvalue weighted by Crippen LogP contribution is -2.29. The molecule has 0 aliphatic carbocycles. The van der Waals surface area contributed by atoms with Gasteiger partial charge in [0.25, 0.3) is 0 Å². The van der Waals surface area contributed by atoms with Gasteiger partial charge in [0.1, 0.15) is 9.23 Å². The molecule has 0 aliphatic heterocycles. The first kappa shape index (κ1) is 13.2. The standard InChI is InChI=1S/C7H9Cl2NO3S2/c1-10(2-3-11)15(12,13)5-4-6(8)14-7(5)9/h4,11H,2-3H2,1H3. The highest BCUT2D eigenvalue weighted by Gasteiger charge is 2.25. The van der Waals surface area contributed by atoms with E-state index in [9.17, 15) is 8.42 Å². The molecule has 0 aliphatic rings. The van der Waals surface area contributed by atoms with Gasteiger partial charge < -0.3 is 5.11 Å². The smallest absolute Gasteiger partial charge is 0.245 e. The number of aliphatic hydroxyl groups excluding tert-OH is 1. The van der Waals surface area contributed by atoms with Gasteiger partial charge in [0.05, 0.1) is 10.9 Å². The maximum absolute atomic E-state index is 11.8. The van der Waals surface area contributed by atoms with E-state index in [1.165, 1.54) is 13.1 Å². The Morgan fingerprint density at radius 3 is 2.53 bits per heavy atom. The van der Waals surface area contributed by atoms with Crippen molar-refractivity contribution in [3.63, 3.8) is 0 Å². The highest BCUT2D eigenvalue weighted by atomic mass is 35.5. The zero-order valence-electron chi connectivity index (χ0n) is 7.77. The number of aliphatic hydroxyl groups is 1. The Morgan fingerprint density at radius 1 is 1.53 bits per heavy atom. The van der Waals surface area contributed by atoms with E-state index < -0.39 is 10.0 Å². The van der Waals surface area contributed by atoms with Gasteiger partial charge in [-0.1, -0.05) is 23.2 Å². The summed E-state index contributed by atoms with van der Waals surface area (Å²) in [5.74, 6) is 0. The molecule has 1 rings (SSSR count). The van der Waals surface area contributed by atoms with E-state index in [1.54, 1.807) is 0 Å². The van der Waals surface area contributed by atoms with Gasteiger partial charge in [-0.05, 0) is 6.07 Å². The summed E-state index contributed by atoms with van der Waals surface area (Å²) in [5, 5.41) is 8.66. The van der Waals surface area contributed by atoms with Gasteiger partial charge in [-0.3, -0.25) is 0 Å². The SMILES string of the molecule is CN(CCO)S(=O)(=O)c1cc(Cl)sc1Cl. The second-order valence-electron chi connectivity index (χ2n) is 2.74. The molecule has 15 heavy (non-hydrogen) atoms. The lowest BCUT2D eigenvalue weighted by Gasteiger charge is -2.14. The summed E-state index contributed by atoms with van der Waals surface area (Å²) >= 11 is 12.4. The predicted molar refractivity (Wildman–Crippen MR) is 61.2 cm³/mol. The van der Waals surface area contributed by atoms with Crippen molar-refractivity contribution in [2.75, 3.05) is 20.2 Å². The largest absolute Gasteiger partial charge is 0.395 e. The Labute approximate surface area is 102 Å². The van der Waals surface area contributed by atoms with E-state index in [-0.39, 0.29) is 22.4 Å². The zero-order chi connectivity index (χ0) is 11.6. The van der Waals surface area contributed by atoms with Crippen molar-refractivity contribution in [1.29, 1.82) is 0 Å². The van der Waals surface area contributed by atoms with Crippen LogP contribution in [0.2, 0.25) is 8.67 Å². The third kappa shape index (κ3) is 2.83. The van der Waals surface area contributed by atoms with Crippen LogP contribution >= 0.6 is 34.5 Å². The summed E-state index contributed by atoms with van der Waals surface area (Å²) in [6, 6.07) is 1.30. The van der Waals surface area contributed by atoms with Crippen LogP contribution < -0.4 is 0 Å². The number of thiophene rings is 1. The minimum atomic E-state index is -3.64. The molecule has 0 atom stereocenters. The third-order valence-corrected chi connectivity index (χ3v) is 5.34. The molecular weight excluding hydrogens is 281 g/mol. The second kappa shape index (κ2) is 4.99. The maximum Gasteiger partial charge on any atom is 0.245 e. The number of likely N-dealkylation sites (N-methyl/N-ethyl adjacent to an activating group) is 1. The molecule has 86 valence electrons. The molecule has 0 spiro atoms. The summed E-state index contributed by atoms with van der Waals surface area (Å²) in [7, 11) is -2.28. The predicted octanol–water partition coefficient (Wildman–Crippen LogP) is 1.67. The van der Waals surface area contributed by atoms with Gasteiger partial charge in [-0.25, -0.2) is 8.42 Å². The minimum Gasteiger partial charge on any atom is -0.395 e. The molecule has 1 heterocycles. The van der Waals surface area contributed by atoms with Gasteiger partial charge in [0, 0.05) is 13.6 Å². The summed E-state index contributed by atoms with van der Waals surface area (Å²) in [6.45, 7) is -0.225. The van der Waals surface area contributed by atoms with Gasteiger partial charge in [0.15, 0.2) is 0 Å². The Morgan fingerprint density at radius 2 is 2.13 bits per heavy atom. The van der Waals surface area contributed by atoms with Crippen molar-refractivity contribution in [1.82, 2.24) is 4.31 Å². The van der Waals surface area contributed by atoms with Crippen LogP contribution in [0.4, 0.5) is 0 Å². The van der Waals surface area contributed by atoms with Crippen molar-refractivity contribution in [2.24, 2.45) is 0 Å². The van der Waals surface area contributed by atoms with Gasteiger partial charge in [-0.2, -0.15) is 4.31 Å². The monoisotopic (exact) mass is 289 g/mol. The van der Waals surface area contributed by atoms with Crippen molar-refractivity contribution in [3.05, 3.63) is 14.7 Å². The van der Waals surface area contributed by atoms with Gasteiger partial charge in [-0.15, -0.1) is 11.3 Å². The number of hydrogen-bond donors (Lipinski definition) is 1. The van der Waals surface area contributed by atoms with Crippen LogP contribution in [0.25, 0.3) is 0 Å². The first-order valence-corrected chi connectivity index (χ1v) is 6.93. The molecule has 0 radical (unpaired) electrons. The highest BCUT2D eigenvalue weighted by Crippen LogP contribution is 2.35. The first-order chi connectivity index (χ1) is 6.89. The molecule has 8 heteroatoms. The Hall–Kier alpha value is 0.150. The fraction of sp³-hybridized carbons (Fsp3) is 0.429. The first-order valence-electron chi connectivity index (χ1n) is 3.91. The van der Waals surface area contributed by atoms with E-state index in [1.807, 2.05) is 0 Å². The number of rotatable bonds is 4. The quantitative estimate of drug-likeness (QED) is 0.917. The van der Waals surface area contributed by atoms with Crippen LogP contribution in [0.3, 0.4) is 0 Å². The third-order valence-electron chi connectivity index (χ3n) is 1.73. The molecule has 0 saturated heterocycles. The highest BCUT2D eigenvalue weighted by molar-refractivity contribution is 7.89. The molecular formula is C7H9Cl2NO3S2. The molecule has 0 bridgehead atoms. The molecule has 0 amide bonds. The fourth-order valence-corrected chi connectivity index (χ4v) is 4.20. The van der Waals surface area contributed by atoms with Crippen molar-refractivity contribution >= 4 is 44.6 Å². The maximum atomic E-state index is 11.8. The number of hydrogen-bond acceptors (Lipinski definition) is 4. The average Bonchev–Trinajstić information content (AvgIpc) is 2.46. The van der Waals surface area contributed by atoms with Crippen LogP contribution in [0.15, 0.2) is 11.0 Å². The van der Waals surface area contributed by atoms with E-state index in [2.05, 4.69) is 0 Å². The van der Waals surface area contributed by atoms with E-state index in [4.69, 9.17) is 28.3 Å². The lowest BCUT2D eigenvalue weighted by molar-refractivity contribution is 0.266. The zero-order valence-corrected chi connectivity index (χ0v) is 10.9. The molecule has 1 aromatic rings. The van der Waals surface area contributed by atoms with Crippen LogP contribution in [0.1, 0.15) is 0 Å². The normalized spacial score (nSPS) is 12.3. The molecule has 0 aromatic carbocycles. The van der Waals surface area contributed by atoms with E-state index in [0.29, 0.717) is 4.34 Å². The summed E-state index contributed by atoms with van der Waals surface area (Å²) < 4.78 is 25.1. The van der Waals surface area contributed by atoms with Crippen molar-refractivity contribution < 1.29 is 13.5 Å². The Bertz CT molecular complexity index is 443.